The Morgan fingerprint density at radius 2 is 2.00 bits per heavy atom. The molecule has 0 bridgehead atoms. The predicted molar refractivity (Wildman–Crippen MR) is 79.6 cm³/mol. The smallest absolute Gasteiger partial charge is 0.337 e. The number of pyridine rings is 1. The molecule has 22 heavy (non-hydrogen) atoms. The normalized spacial score (nSPS) is 20.1. The molecule has 1 aromatic carbocycles. The number of carbonyl (C=O) groups excluding carboxylic acids is 1. The first-order valence-corrected chi connectivity index (χ1v) is 7.13. The van der Waals surface area contributed by atoms with Gasteiger partial charge < -0.3 is 9.47 Å². The van der Waals surface area contributed by atoms with Crippen molar-refractivity contribution in [3.8, 4) is 17.0 Å². The second-order valence-electron chi connectivity index (χ2n) is 5.20. The highest BCUT2D eigenvalue weighted by atomic mass is 19.1. The van der Waals surface area contributed by atoms with Gasteiger partial charge in [0, 0.05) is 11.8 Å². The Hall–Kier alpha value is -2.43. The van der Waals surface area contributed by atoms with E-state index >= 15 is 0 Å². The first-order chi connectivity index (χ1) is 10.7. The number of halogens is 1. The standard InChI is InChI=1S/C17H16FNO3/c1-21-17(20)12-8-9-19-15(10-12)11-2-4-13(5-3-11)22-16-7-6-14(16)18/h2-5,8-10,14,16H,6-7H2,1H3/t14?,16-/m1/s1. The van der Waals surface area contributed by atoms with Gasteiger partial charge in [0.05, 0.1) is 18.4 Å². The summed E-state index contributed by atoms with van der Waals surface area (Å²) in [5.41, 5.74) is 1.97. The van der Waals surface area contributed by atoms with Crippen LogP contribution in [0.1, 0.15) is 23.2 Å². The molecule has 114 valence electrons. The minimum atomic E-state index is -0.863. The zero-order valence-electron chi connectivity index (χ0n) is 12.2. The van der Waals surface area contributed by atoms with Crippen LogP contribution in [0.25, 0.3) is 11.3 Å². The van der Waals surface area contributed by atoms with Gasteiger partial charge in [0.25, 0.3) is 0 Å². The van der Waals surface area contributed by atoms with Crippen molar-refractivity contribution in [1.82, 2.24) is 4.98 Å². The van der Waals surface area contributed by atoms with Crippen LogP contribution in [0.15, 0.2) is 42.6 Å². The lowest BCUT2D eigenvalue weighted by Gasteiger charge is -2.30. The van der Waals surface area contributed by atoms with Gasteiger partial charge in [-0.3, -0.25) is 4.98 Å². The quantitative estimate of drug-likeness (QED) is 0.812. The number of carbonyl (C=O) groups is 1. The molecule has 0 N–H and O–H groups in total. The number of benzene rings is 1. The number of aromatic nitrogens is 1. The summed E-state index contributed by atoms with van der Waals surface area (Å²) >= 11 is 0. The van der Waals surface area contributed by atoms with Gasteiger partial charge in [0.1, 0.15) is 18.0 Å². The summed E-state index contributed by atoms with van der Waals surface area (Å²) in [6.07, 6.45) is 1.71. The van der Waals surface area contributed by atoms with Crippen LogP contribution in [0.5, 0.6) is 5.75 Å². The largest absolute Gasteiger partial charge is 0.487 e. The van der Waals surface area contributed by atoms with E-state index in [1.54, 1.807) is 30.5 Å². The Kier molecular flexibility index (Phi) is 4.04. The molecule has 2 aromatic rings. The summed E-state index contributed by atoms with van der Waals surface area (Å²) in [7, 11) is 1.34. The zero-order valence-corrected chi connectivity index (χ0v) is 12.2. The number of methoxy groups -OCH3 is 1. The first-order valence-electron chi connectivity index (χ1n) is 7.13. The number of alkyl halides is 1. The average molecular weight is 301 g/mol. The number of esters is 1. The Labute approximate surface area is 127 Å². The van der Waals surface area contributed by atoms with E-state index in [2.05, 4.69) is 4.98 Å². The third-order valence-corrected chi connectivity index (χ3v) is 3.75. The molecule has 3 rings (SSSR count). The number of ether oxygens (including phenoxy) is 2. The maximum atomic E-state index is 13.2. The fourth-order valence-corrected chi connectivity index (χ4v) is 2.27. The molecule has 0 radical (unpaired) electrons. The van der Waals surface area contributed by atoms with Gasteiger partial charge in [-0.25, -0.2) is 9.18 Å². The Morgan fingerprint density at radius 3 is 2.59 bits per heavy atom. The molecule has 1 aromatic heterocycles. The van der Waals surface area contributed by atoms with Crippen LogP contribution in [0, 0.1) is 0 Å². The molecule has 1 heterocycles. The summed E-state index contributed by atoms with van der Waals surface area (Å²) in [6, 6.07) is 10.5. The third kappa shape index (κ3) is 2.93. The van der Waals surface area contributed by atoms with E-state index in [1.807, 2.05) is 12.1 Å². The highest BCUT2D eigenvalue weighted by Gasteiger charge is 2.32. The van der Waals surface area contributed by atoms with Crippen molar-refractivity contribution in [3.05, 3.63) is 48.2 Å². The number of nitrogens with zero attached hydrogens (tertiary/aromatic N) is 1. The van der Waals surface area contributed by atoms with Crippen LogP contribution in [-0.4, -0.2) is 30.3 Å². The maximum Gasteiger partial charge on any atom is 0.337 e. The van der Waals surface area contributed by atoms with Gasteiger partial charge in [-0.15, -0.1) is 0 Å². The van der Waals surface area contributed by atoms with Crippen LogP contribution in [0.3, 0.4) is 0 Å². The second-order valence-corrected chi connectivity index (χ2v) is 5.20. The van der Waals surface area contributed by atoms with Gasteiger partial charge in [0.15, 0.2) is 0 Å². The van der Waals surface area contributed by atoms with Crippen LogP contribution >= 0.6 is 0 Å². The molecule has 0 aliphatic heterocycles. The van der Waals surface area contributed by atoms with Crippen molar-refractivity contribution >= 4 is 5.97 Å². The molecule has 2 atom stereocenters. The lowest BCUT2D eigenvalue weighted by atomic mass is 9.93. The van der Waals surface area contributed by atoms with Gasteiger partial charge >= 0.3 is 5.97 Å². The molecule has 1 aliphatic carbocycles. The molecule has 0 saturated heterocycles. The van der Waals surface area contributed by atoms with E-state index in [1.165, 1.54) is 7.11 Å². The highest BCUT2D eigenvalue weighted by molar-refractivity contribution is 5.90. The molecule has 5 heteroatoms. The average Bonchev–Trinajstić information content (AvgIpc) is 2.58. The lowest BCUT2D eigenvalue weighted by molar-refractivity contribution is 0.0194. The Balaban J connectivity index is 1.76. The molecule has 4 nitrogen and oxygen atoms in total. The fraction of sp³-hybridized carbons (Fsp3) is 0.294. The van der Waals surface area contributed by atoms with Crippen molar-refractivity contribution in [1.29, 1.82) is 0 Å². The second kappa shape index (κ2) is 6.13. The van der Waals surface area contributed by atoms with Crippen molar-refractivity contribution in [2.45, 2.75) is 25.1 Å². The molecule has 1 saturated carbocycles. The van der Waals surface area contributed by atoms with Gasteiger partial charge in [0.2, 0.25) is 0 Å². The molecule has 0 spiro atoms. The van der Waals surface area contributed by atoms with Gasteiger partial charge in [-0.2, -0.15) is 0 Å². The van der Waals surface area contributed by atoms with E-state index in [0.717, 1.165) is 12.0 Å². The molecular weight excluding hydrogens is 285 g/mol. The zero-order chi connectivity index (χ0) is 15.5. The van der Waals surface area contributed by atoms with Crippen molar-refractivity contribution < 1.29 is 18.7 Å². The van der Waals surface area contributed by atoms with E-state index in [9.17, 15) is 9.18 Å². The SMILES string of the molecule is COC(=O)c1ccnc(-c2ccc(O[C@@H]3CCC3F)cc2)c1. The lowest BCUT2D eigenvalue weighted by Crippen LogP contribution is -2.38. The Morgan fingerprint density at radius 1 is 1.23 bits per heavy atom. The molecule has 1 fully saturated rings. The van der Waals surface area contributed by atoms with E-state index in [0.29, 0.717) is 23.4 Å². The minimum Gasteiger partial charge on any atom is -0.487 e. The van der Waals surface area contributed by atoms with Crippen LogP contribution in [-0.2, 0) is 4.74 Å². The number of hydrogen-bond acceptors (Lipinski definition) is 4. The van der Waals surface area contributed by atoms with E-state index in [-0.39, 0.29) is 6.10 Å². The number of hydrogen-bond donors (Lipinski definition) is 0. The van der Waals surface area contributed by atoms with Crippen molar-refractivity contribution in [3.63, 3.8) is 0 Å². The van der Waals surface area contributed by atoms with Crippen LogP contribution < -0.4 is 4.74 Å². The van der Waals surface area contributed by atoms with Gasteiger partial charge in [-0.05, 0) is 49.2 Å². The topological polar surface area (TPSA) is 48.4 Å². The summed E-state index contributed by atoms with van der Waals surface area (Å²) in [4.78, 5) is 15.8. The summed E-state index contributed by atoms with van der Waals surface area (Å²) in [5, 5.41) is 0. The predicted octanol–water partition coefficient (Wildman–Crippen LogP) is 3.41. The number of rotatable bonds is 4. The minimum absolute atomic E-state index is 0.327. The third-order valence-electron chi connectivity index (χ3n) is 3.75. The highest BCUT2D eigenvalue weighted by Crippen LogP contribution is 2.29. The molecule has 0 amide bonds. The Bertz CT molecular complexity index is 672. The van der Waals surface area contributed by atoms with Gasteiger partial charge in [-0.1, -0.05) is 0 Å². The summed E-state index contributed by atoms with van der Waals surface area (Å²) < 4.78 is 23.4. The van der Waals surface area contributed by atoms with Crippen LogP contribution in [0.4, 0.5) is 4.39 Å². The molecule has 1 unspecified atom stereocenters. The molecule has 1 aliphatic rings. The summed E-state index contributed by atoms with van der Waals surface area (Å²) in [6.45, 7) is 0. The monoisotopic (exact) mass is 301 g/mol. The van der Waals surface area contributed by atoms with E-state index < -0.39 is 12.1 Å². The van der Waals surface area contributed by atoms with Crippen molar-refractivity contribution in [2.24, 2.45) is 0 Å². The van der Waals surface area contributed by atoms with E-state index in [4.69, 9.17) is 9.47 Å². The maximum absolute atomic E-state index is 13.2. The van der Waals surface area contributed by atoms with Crippen LogP contribution in [0.2, 0.25) is 0 Å². The van der Waals surface area contributed by atoms with Crippen molar-refractivity contribution in [2.75, 3.05) is 7.11 Å². The molecular formula is C17H16FNO3. The first kappa shape index (κ1) is 14.5. The summed E-state index contributed by atoms with van der Waals surface area (Å²) in [5.74, 6) is 0.239. The fourth-order valence-electron chi connectivity index (χ4n) is 2.27.